The van der Waals surface area contributed by atoms with Crippen molar-refractivity contribution >= 4 is 0 Å². The molecule has 2 bridgehead atoms. The quantitative estimate of drug-likeness (QED) is 0.541. The molecule has 0 spiro atoms. The van der Waals surface area contributed by atoms with Crippen LogP contribution in [0.5, 0.6) is 0 Å². The highest BCUT2D eigenvalue weighted by Crippen LogP contribution is 2.49. The van der Waals surface area contributed by atoms with Gasteiger partial charge < -0.3 is 0 Å². The smallest absolute Gasteiger partial charge is 0.0624 e. The van der Waals surface area contributed by atoms with Crippen LogP contribution in [0.1, 0.15) is 32.1 Å². The number of hydrogen-bond donors (Lipinski definition) is 0. The average molecular weight is 135 g/mol. The molecule has 2 saturated carbocycles. The lowest BCUT2D eigenvalue weighted by Gasteiger charge is -2.17. The molecule has 10 heavy (non-hydrogen) atoms. The van der Waals surface area contributed by atoms with Crippen LogP contribution >= 0.6 is 0 Å². The summed E-state index contributed by atoms with van der Waals surface area (Å²) in [6, 6.07) is 2.29. The largest absolute Gasteiger partial charge is 0.198 e. The van der Waals surface area contributed by atoms with Gasteiger partial charge in [-0.1, -0.05) is 6.42 Å². The topological polar surface area (TPSA) is 23.8 Å². The summed E-state index contributed by atoms with van der Waals surface area (Å²) < 4.78 is 0. The monoisotopic (exact) mass is 135 g/mol. The predicted octanol–water partition coefficient (Wildman–Crippen LogP) is 2.34. The van der Waals surface area contributed by atoms with Gasteiger partial charge in [-0.3, -0.25) is 0 Å². The first-order valence-corrected chi connectivity index (χ1v) is 4.27. The molecular weight excluding hydrogens is 122 g/mol. The highest BCUT2D eigenvalue weighted by atomic mass is 14.4. The van der Waals surface area contributed by atoms with Crippen LogP contribution in [0, 0.1) is 29.1 Å². The molecule has 3 atom stereocenters. The van der Waals surface area contributed by atoms with E-state index in [1.54, 1.807) is 0 Å². The third-order valence-corrected chi connectivity index (χ3v) is 3.24. The summed E-state index contributed by atoms with van der Waals surface area (Å²) in [4.78, 5) is 0. The fourth-order valence-electron chi connectivity index (χ4n) is 2.74. The third-order valence-electron chi connectivity index (χ3n) is 3.24. The van der Waals surface area contributed by atoms with Gasteiger partial charge in [-0.15, -0.1) is 0 Å². The van der Waals surface area contributed by atoms with E-state index in [-0.39, 0.29) is 0 Å². The molecular formula is C9H13N. The predicted molar refractivity (Wildman–Crippen MR) is 39.2 cm³/mol. The van der Waals surface area contributed by atoms with E-state index in [0.29, 0.717) is 0 Å². The van der Waals surface area contributed by atoms with Crippen molar-refractivity contribution in [1.82, 2.24) is 0 Å². The summed E-state index contributed by atoms with van der Waals surface area (Å²) in [5.74, 6) is 2.72. The van der Waals surface area contributed by atoms with E-state index >= 15 is 0 Å². The second-order valence-corrected chi connectivity index (χ2v) is 3.80. The van der Waals surface area contributed by atoms with Gasteiger partial charge in [0.25, 0.3) is 0 Å². The van der Waals surface area contributed by atoms with Gasteiger partial charge in [0, 0.05) is 6.42 Å². The number of fused-ring (bicyclic) bond motifs is 2. The highest BCUT2D eigenvalue weighted by molar-refractivity contribution is 4.93. The molecule has 2 fully saturated rings. The summed E-state index contributed by atoms with van der Waals surface area (Å²) in [6.45, 7) is 0. The lowest BCUT2D eigenvalue weighted by molar-refractivity contribution is 0.339. The van der Waals surface area contributed by atoms with Crippen LogP contribution in [0.25, 0.3) is 0 Å². The average Bonchev–Trinajstić information content (AvgIpc) is 2.48. The van der Waals surface area contributed by atoms with E-state index in [0.717, 1.165) is 24.2 Å². The van der Waals surface area contributed by atoms with Crippen LogP contribution in [-0.2, 0) is 0 Å². The van der Waals surface area contributed by atoms with E-state index in [1.807, 2.05) is 0 Å². The Hall–Kier alpha value is -0.510. The van der Waals surface area contributed by atoms with Crippen molar-refractivity contribution in [2.45, 2.75) is 32.1 Å². The van der Waals surface area contributed by atoms with Gasteiger partial charge in [0.05, 0.1) is 6.07 Å². The molecule has 0 aromatic carbocycles. The summed E-state index contributed by atoms with van der Waals surface area (Å²) in [5, 5.41) is 8.50. The van der Waals surface area contributed by atoms with E-state index in [9.17, 15) is 0 Å². The van der Waals surface area contributed by atoms with Gasteiger partial charge in [-0.25, -0.2) is 0 Å². The Morgan fingerprint density at radius 3 is 2.70 bits per heavy atom. The first-order chi connectivity index (χ1) is 4.90. The van der Waals surface area contributed by atoms with Crippen molar-refractivity contribution in [3.05, 3.63) is 0 Å². The Kier molecular flexibility index (Phi) is 1.41. The van der Waals surface area contributed by atoms with Crippen molar-refractivity contribution in [3.8, 4) is 6.07 Å². The molecule has 0 aromatic heterocycles. The van der Waals surface area contributed by atoms with Crippen molar-refractivity contribution < 1.29 is 0 Å². The van der Waals surface area contributed by atoms with Gasteiger partial charge in [0.15, 0.2) is 0 Å². The van der Waals surface area contributed by atoms with E-state index in [1.165, 1.54) is 25.7 Å². The maximum Gasteiger partial charge on any atom is 0.0624 e. The molecule has 0 N–H and O–H groups in total. The molecule has 0 aliphatic heterocycles. The number of nitrogens with zero attached hydrogens (tertiary/aromatic N) is 1. The molecule has 1 nitrogen and oxygen atoms in total. The van der Waals surface area contributed by atoms with Crippen LogP contribution in [-0.4, -0.2) is 0 Å². The van der Waals surface area contributed by atoms with Crippen LogP contribution in [0.3, 0.4) is 0 Å². The van der Waals surface area contributed by atoms with Crippen molar-refractivity contribution in [2.75, 3.05) is 0 Å². The molecule has 0 saturated heterocycles. The summed E-state index contributed by atoms with van der Waals surface area (Å²) in [7, 11) is 0. The lowest BCUT2D eigenvalue weighted by atomic mass is 9.87. The minimum Gasteiger partial charge on any atom is -0.198 e. The first-order valence-electron chi connectivity index (χ1n) is 4.27. The number of rotatable bonds is 1. The zero-order valence-corrected chi connectivity index (χ0v) is 6.21. The molecule has 0 heterocycles. The second kappa shape index (κ2) is 2.27. The standard InChI is InChI=1S/C9H13N/c10-4-3-9-6-7-1-2-8(9)5-7/h7-9H,1-3,5-6H2/t7-,8+,9+/m1/s1. The zero-order chi connectivity index (χ0) is 6.97. The Bertz CT molecular complexity index is 168. The fourth-order valence-corrected chi connectivity index (χ4v) is 2.74. The first kappa shape index (κ1) is 6.22. The van der Waals surface area contributed by atoms with Crippen LogP contribution in [0.15, 0.2) is 0 Å². The Balaban J connectivity index is 1.97. The molecule has 54 valence electrons. The van der Waals surface area contributed by atoms with Crippen LogP contribution < -0.4 is 0 Å². The van der Waals surface area contributed by atoms with Gasteiger partial charge >= 0.3 is 0 Å². The van der Waals surface area contributed by atoms with Crippen molar-refractivity contribution in [3.63, 3.8) is 0 Å². The molecule has 0 amide bonds. The zero-order valence-electron chi connectivity index (χ0n) is 6.21. The Morgan fingerprint density at radius 1 is 1.30 bits per heavy atom. The Labute approximate surface area is 62.0 Å². The molecule has 1 heteroatoms. The fraction of sp³-hybridized carbons (Fsp3) is 0.889. The third kappa shape index (κ3) is 0.831. The number of nitriles is 1. The summed E-state index contributed by atoms with van der Waals surface area (Å²) in [5.41, 5.74) is 0. The molecule has 2 rings (SSSR count). The highest BCUT2D eigenvalue weighted by Gasteiger charge is 2.38. The van der Waals surface area contributed by atoms with Crippen LogP contribution in [0.2, 0.25) is 0 Å². The maximum absolute atomic E-state index is 8.50. The van der Waals surface area contributed by atoms with Crippen molar-refractivity contribution in [1.29, 1.82) is 5.26 Å². The second-order valence-electron chi connectivity index (χ2n) is 3.80. The van der Waals surface area contributed by atoms with Gasteiger partial charge in [-0.05, 0) is 37.0 Å². The SMILES string of the molecule is N#CC[C@H]1C[C@@H]2CC[C@H]1C2. The molecule has 2 aliphatic rings. The molecule has 0 aromatic rings. The normalized spacial score (nSPS) is 43.7. The molecule has 2 aliphatic carbocycles. The van der Waals surface area contributed by atoms with E-state index in [2.05, 4.69) is 6.07 Å². The maximum atomic E-state index is 8.50. The Morgan fingerprint density at radius 2 is 2.20 bits per heavy atom. The number of hydrogen-bond acceptors (Lipinski definition) is 1. The van der Waals surface area contributed by atoms with E-state index in [4.69, 9.17) is 5.26 Å². The van der Waals surface area contributed by atoms with Gasteiger partial charge in [-0.2, -0.15) is 5.26 Å². The van der Waals surface area contributed by atoms with Gasteiger partial charge in [0.2, 0.25) is 0 Å². The minimum absolute atomic E-state index is 0.781. The molecule has 0 unspecified atom stereocenters. The summed E-state index contributed by atoms with van der Waals surface area (Å²) >= 11 is 0. The minimum atomic E-state index is 0.781. The van der Waals surface area contributed by atoms with Crippen LogP contribution in [0.4, 0.5) is 0 Å². The lowest BCUT2D eigenvalue weighted by Crippen LogP contribution is -2.08. The summed E-state index contributed by atoms with van der Waals surface area (Å²) in [6.07, 6.45) is 6.48. The van der Waals surface area contributed by atoms with E-state index < -0.39 is 0 Å². The van der Waals surface area contributed by atoms with Crippen molar-refractivity contribution in [2.24, 2.45) is 17.8 Å². The van der Waals surface area contributed by atoms with Gasteiger partial charge in [0.1, 0.15) is 0 Å². The molecule has 0 radical (unpaired) electrons.